The zero-order valence-corrected chi connectivity index (χ0v) is 15.7. The van der Waals surface area contributed by atoms with Crippen LogP contribution in [0.5, 0.6) is 0 Å². The number of hydrogen-bond donors (Lipinski definition) is 2. The van der Waals surface area contributed by atoms with Crippen molar-refractivity contribution in [2.45, 2.75) is 25.8 Å². The van der Waals surface area contributed by atoms with Crippen LogP contribution >= 0.6 is 11.3 Å². The Hall–Kier alpha value is -1.11. The second kappa shape index (κ2) is 9.25. The second-order valence-electron chi connectivity index (χ2n) is 6.45. The van der Waals surface area contributed by atoms with Gasteiger partial charge in [-0.2, -0.15) is 11.3 Å². The highest BCUT2D eigenvalue weighted by Gasteiger charge is 2.22. The van der Waals surface area contributed by atoms with Gasteiger partial charge >= 0.3 is 0 Å². The van der Waals surface area contributed by atoms with Crippen molar-refractivity contribution in [2.75, 3.05) is 53.4 Å². The average Bonchev–Trinajstić information content (AvgIpc) is 3.07. The molecule has 23 heavy (non-hydrogen) atoms. The molecule has 1 saturated heterocycles. The van der Waals surface area contributed by atoms with Crippen molar-refractivity contribution in [1.29, 1.82) is 0 Å². The molecule has 0 aliphatic carbocycles. The summed E-state index contributed by atoms with van der Waals surface area (Å²) >= 11 is 1.75. The van der Waals surface area contributed by atoms with E-state index in [4.69, 9.17) is 4.99 Å². The van der Waals surface area contributed by atoms with E-state index in [1.165, 1.54) is 5.56 Å². The van der Waals surface area contributed by atoms with Crippen LogP contribution in [0.25, 0.3) is 0 Å². The third-order valence-electron chi connectivity index (χ3n) is 4.47. The topological polar surface area (TPSA) is 42.9 Å². The van der Waals surface area contributed by atoms with Crippen molar-refractivity contribution in [3.05, 3.63) is 22.4 Å². The summed E-state index contributed by atoms with van der Waals surface area (Å²) < 4.78 is 0. The summed E-state index contributed by atoms with van der Waals surface area (Å²) in [5.74, 6) is 1.39. The summed E-state index contributed by atoms with van der Waals surface area (Å²) in [6.07, 6.45) is 0. The molecule has 5 nitrogen and oxygen atoms in total. The lowest BCUT2D eigenvalue weighted by molar-refractivity contribution is 0.116. The maximum atomic E-state index is 4.76. The smallest absolute Gasteiger partial charge is 0.191 e. The van der Waals surface area contributed by atoms with Gasteiger partial charge in [-0.05, 0) is 43.4 Å². The Labute approximate surface area is 144 Å². The quantitative estimate of drug-likeness (QED) is 0.612. The zero-order chi connectivity index (χ0) is 16.7. The lowest BCUT2D eigenvalue weighted by atomic mass is 10.1. The van der Waals surface area contributed by atoms with Crippen molar-refractivity contribution >= 4 is 17.3 Å². The Morgan fingerprint density at radius 1 is 1.39 bits per heavy atom. The van der Waals surface area contributed by atoms with E-state index in [1.54, 1.807) is 11.3 Å². The number of piperazine rings is 1. The molecule has 6 heteroatoms. The molecular formula is C17H31N5S. The third-order valence-corrected chi connectivity index (χ3v) is 5.17. The van der Waals surface area contributed by atoms with E-state index < -0.39 is 0 Å². The number of thiophene rings is 1. The molecule has 0 spiro atoms. The number of nitrogens with zero attached hydrogens (tertiary/aromatic N) is 3. The predicted molar refractivity (Wildman–Crippen MR) is 101 cm³/mol. The third kappa shape index (κ3) is 5.79. The van der Waals surface area contributed by atoms with Crippen molar-refractivity contribution in [3.63, 3.8) is 0 Å². The van der Waals surface area contributed by atoms with E-state index >= 15 is 0 Å². The van der Waals surface area contributed by atoms with Crippen LogP contribution < -0.4 is 10.6 Å². The number of likely N-dealkylation sites (N-methyl/N-ethyl adjacent to an activating group) is 2. The maximum absolute atomic E-state index is 4.76. The van der Waals surface area contributed by atoms with Crippen molar-refractivity contribution in [2.24, 2.45) is 4.99 Å². The van der Waals surface area contributed by atoms with Crippen LogP contribution in [0.2, 0.25) is 0 Å². The molecule has 2 heterocycles. The minimum absolute atomic E-state index is 0.459. The van der Waals surface area contributed by atoms with Crippen LogP contribution in [0, 0.1) is 0 Å². The highest BCUT2D eigenvalue weighted by atomic mass is 32.1. The van der Waals surface area contributed by atoms with Crippen LogP contribution in [0.3, 0.4) is 0 Å². The summed E-state index contributed by atoms with van der Waals surface area (Å²) in [7, 11) is 4.41. The molecule has 2 unspecified atom stereocenters. The summed E-state index contributed by atoms with van der Waals surface area (Å²) in [4.78, 5) is 9.60. The van der Waals surface area contributed by atoms with E-state index in [0.717, 1.165) is 45.2 Å². The summed E-state index contributed by atoms with van der Waals surface area (Å²) in [5, 5.41) is 11.2. The van der Waals surface area contributed by atoms with Gasteiger partial charge in [0.05, 0.1) is 0 Å². The lowest BCUT2D eigenvalue weighted by Gasteiger charge is -2.37. The van der Waals surface area contributed by atoms with Crippen molar-refractivity contribution < 1.29 is 0 Å². The fourth-order valence-electron chi connectivity index (χ4n) is 2.77. The van der Waals surface area contributed by atoms with E-state index in [9.17, 15) is 0 Å². The van der Waals surface area contributed by atoms with Gasteiger partial charge in [0.25, 0.3) is 0 Å². The normalized spacial score (nSPS) is 22.1. The largest absolute Gasteiger partial charge is 0.357 e. The second-order valence-corrected chi connectivity index (χ2v) is 7.23. The van der Waals surface area contributed by atoms with Crippen LogP contribution in [-0.2, 0) is 0 Å². The van der Waals surface area contributed by atoms with Gasteiger partial charge in [0.2, 0.25) is 0 Å². The first-order chi connectivity index (χ1) is 11.1. The Morgan fingerprint density at radius 2 is 2.22 bits per heavy atom. The van der Waals surface area contributed by atoms with Gasteiger partial charge in [0.15, 0.2) is 5.96 Å². The van der Waals surface area contributed by atoms with Gasteiger partial charge in [-0.15, -0.1) is 0 Å². The predicted octanol–water partition coefficient (Wildman–Crippen LogP) is 1.65. The molecule has 130 valence electrons. The van der Waals surface area contributed by atoms with Gasteiger partial charge in [-0.1, -0.05) is 6.92 Å². The molecule has 1 aliphatic heterocycles. The van der Waals surface area contributed by atoms with Crippen LogP contribution in [-0.4, -0.2) is 75.2 Å². The standard InChI is InChI=1S/C17H31N5S/c1-5-18-17(19-10-14(2)15-6-9-23-13-15)20-11-16-12-21(3)7-8-22(16)4/h6,9,13-14,16H,5,7-8,10-12H2,1-4H3,(H2,18,19,20). The maximum Gasteiger partial charge on any atom is 0.191 e. The van der Waals surface area contributed by atoms with Crippen molar-refractivity contribution in [1.82, 2.24) is 20.4 Å². The Kier molecular flexibility index (Phi) is 7.33. The molecular weight excluding hydrogens is 306 g/mol. The lowest BCUT2D eigenvalue weighted by Crippen LogP contribution is -2.55. The first-order valence-electron chi connectivity index (χ1n) is 8.53. The highest BCUT2D eigenvalue weighted by molar-refractivity contribution is 7.07. The van der Waals surface area contributed by atoms with Gasteiger partial charge in [0, 0.05) is 51.2 Å². The molecule has 2 rings (SSSR count). The summed E-state index contributed by atoms with van der Waals surface area (Å²) in [6, 6.07) is 2.73. The Morgan fingerprint density at radius 3 is 2.91 bits per heavy atom. The fraction of sp³-hybridized carbons (Fsp3) is 0.706. The van der Waals surface area contributed by atoms with Gasteiger partial charge < -0.3 is 15.5 Å². The molecule has 0 aromatic carbocycles. The summed E-state index contributed by atoms with van der Waals surface area (Å²) in [6.45, 7) is 10.4. The molecule has 1 aromatic heterocycles. The minimum Gasteiger partial charge on any atom is -0.357 e. The summed E-state index contributed by atoms with van der Waals surface area (Å²) in [5.41, 5.74) is 1.38. The Bertz CT molecular complexity index is 473. The number of aliphatic imine (C=N–C) groups is 1. The van der Waals surface area contributed by atoms with Crippen LogP contribution in [0.1, 0.15) is 25.3 Å². The fourth-order valence-corrected chi connectivity index (χ4v) is 3.55. The monoisotopic (exact) mass is 337 g/mol. The van der Waals surface area contributed by atoms with Crippen molar-refractivity contribution in [3.8, 4) is 0 Å². The minimum atomic E-state index is 0.459. The van der Waals surface area contributed by atoms with E-state index in [1.807, 2.05) is 0 Å². The molecule has 2 N–H and O–H groups in total. The van der Waals surface area contributed by atoms with Crippen LogP contribution in [0.15, 0.2) is 21.8 Å². The van der Waals surface area contributed by atoms with E-state index in [-0.39, 0.29) is 0 Å². The Balaban J connectivity index is 1.86. The number of nitrogens with one attached hydrogen (secondary N) is 2. The number of rotatable bonds is 6. The molecule has 0 amide bonds. The molecule has 0 radical (unpaired) electrons. The molecule has 1 aromatic rings. The first-order valence-corrected chi connectivity index (χ1v) is 9.47. The van der Waals surface area contributed by atoms with E-state index in [2.05, 4.69) is 65.2 Å². The molecule has 0 bridgehead atoms. The average molecular weight is 338 g/mol. The first kappa shape index (κ1) is 18.2. The zero-order valence-electron chi connectivity index (χ0n) is 14.9. The van der Waals surface area contributed by atoms with Gasteiger partial charge in [-0.3, -0.25) is 9.89 Å². The molecule has 1 fully saturated rings. The van der Waals surface area contributed by atoms with Gasteiger partial charge in [0.1, 0.15) is 0 Å². The number of guanidine groups is 1. The number of hydrogen-bond acceptors (Lipinski definition) is 4. The molecule has 2 atom stereocenters. The molecule has 1 aliphatic rings. The molecule has 0 saturated carbocycles. The highest BCUT2D eigenvalue weighted by Crippen LogP contribution is 2.18. The van der Waals surface area contributed by atoms with E-state index in [0.29, 0.717) is 12.0 Å². The van der Waals surface area contributed by atoms with Gasteiger partial charge in [-0.25, -0.2) is 0 Å². The SMILES string of the molecule is CCNC(=NCC(C)c1ccsc1)NCC1CN(C)CCN1C. The van der Waals surface area contributed by atoms with Crippen LogP contribution in [0.4, 0.5) is 0 Å².